The average molecular weight is 277 g/mol. The highest BCUT2D eigenvalue weighted by atomic mass is 19.1. The molecule has 1 fully saturated rings. The molecular formula is C18H28FN. The van der Waals surface area contributed by atoms with Gasteiger partial charge in [-0.25, -0.2) is 4.39 Å². The number of nitrogens with one attached hydrogen (secondary N) is 1. The van der Waals surface area contributed by atoms with E-state index in [0.29, 0.717) is 0 Å². The number of benzene rings is 1. The summed E-state index contributed by atoms with van der Waals surface area (Å²) in [6.45, 7) is 7.54. The van der Waals surface area contributed by atoms with Crippen LogP contribution in [0.5, 0.6) is 0 Å². The monoisotopic (exact) mass is 277 g/mol. The molecule has 1 aliphatic rings. The summed E-state index contributed by atoms with van der Waals surface area (Å²) in [6, 6.07) is 7.26. The Morgan fingerprint density at radius 2 is 1.75 bits per heavy atom. The molecule has 0 atom stereocenters. The molecule has 0 amide bonds. The van der Waals surface area contributed by atoms with Gasteiger partial charge in [0.25, 0.3) is 0 Å². The van der Waals surface area contributed by atoms with Crippen LogP contribution in [0.3, 0.4) is 0 Å². The molecule has 1 N–H and O–H groups in total. The Balaban J connectivity index is 2.27. The van der Waals surface area contributed by atoms with Crippen molar-refractivity contribution in [3.63, 3.8) is 0 Å². The number of hydrogen-bond donors (Lipinski definition) is 1. The fourth-order valence-electron chi connectivity index (χ4n) is 3.23. The number of halogens is 1. The Bertz CT molecular complexity index is 425. The van der Waals surface area contributed by atoms with E-state index in [2.05, 4.69) is 32.2 Å². The number of hydrogen-bond acceptors (Lipinski definition) is 1. The van der Waals surface area contributed by atoms with E-state index in [-0.39, 0.29) is 16.8 Å². The maximum Gasteiger partial charge on any atom is 0.123 e. The summed E-state index contributed by atoms with van der Waals surface area (Å²) in [6.07, 6.45) is 7.46. The fraction of sp³-hybridized carbons (Fsp3) is 0.667. The van der Waals surface area contributed by atoms with E-state index >= 15 is 0 Å². The van der Waals surface area contributed by atoms with Gasteiger partial charge in [-0.05, 0) is 51.3 Å². The molecule has 0 radical (unpaired) electrons. The van der Waals surface area contributed by atoms with Crippen LogP contribution in [0.1, 0.15) is 64.9 Å². The standard InChI is InChI=1S/C18H28FN/c1-17(2,3)20-14-18(11-6-4-5-7-12-18)15-9-8-10-16(19)13-15/h8-10,13,20H,4-7,11-12,14H2,1-3H3. The first kappa shape index (κ1) is 15.5. The molecule has 0 saturated heterocycles. The van der Waals surface area contributed by atoms with Crippen LogP contribution in [-0.4, -0.2) is 12.1 Å². The van der Waals surface area contributed by atoms with Gasteiger partial charge in [0.15, 0.2) is 0 Å². The van der Waals surface area contributed by atoms with Crippen LogP contribution in [0.15, 0.2) is 24.3 Å². The van der Waals surface area contributed by atoms with Crippen molar-refractivity contribution in [2.24, 2.45) is 0 Å². The van der Waals surface area contributed by atoms with Crippen LogP contribution < -0.4 is 5.32 Å². The van der Waals surface area contributed by atoms with E-state index < -0.39 is 0 Å². The van der Waals surface area contributed by atoms with Crippen LogP contribution in [-0.2, 0) is 5.41 Å². The minimum atomic E-state index is -0.109. The molecule has 1 aromatic rings. The van der Waals surface area contributed by atoms with Gasteiger partial charge >= 0.3 is 0 Å². The van der Waals surface area contributed by atoms with Crippen molar-refractivity contribution in [2.45, 2.75) is 70.3 Å². The quantitative estimate of drug-likeness (QED) is 0.782. The van der Waals surface area contributed by atoms with Gasteiger partial charge < -0.3 is 5.32 Å². The maximum atomic E-state index is 13.6. The molecule has 1 aromatic carbocycles. The molecule has 1 aliphatic carbocycles. The smallest absolute Gasteiger partial charge is 0.123 e. The summed E-state index contributed by atoms with van der Waals surface area (Å²) < 4.78 is 13.6. The lowest BCUT2D eigenvalue weighted by molar-refractivity contribution is 0.299. The van der Waals surface area contributed by atoms with Gasteiger partial charge in [0.05, 0.1) is 0 Å². The molecule has 1 saturated carbocycles. The summed E-state index contributed by atoms with van der Waals surface area (Å²) in [5.41, 5.74) is 1.38. The van der Waals surface area contributed by atoms with Crippen molar-refractivity contribution in [1.29, 1.82) is 0 Å². The third kappa shape index (κ3) is 4.05. The van der Waals surface area contributed by atoms with E-state index in [0.717, 1.165) is 6.54 Å². The van der Waals surface area contributed by atoms with Crippen LogP contribution in [0.4, 0.5) is 4.39 Å². The second kappa shape index (κ2) is 6.26. The van der Waals surface area contributed by atoms with Crippen molar-refractivity contribution < 1.29 is 4.39 Å². The minimum Gasteiger partial charge on any atom is -0.311 e. The molecule has 0 spiro atoms. The average Bonchev–Trinajstić information content (AvgIpc) is 2.62. The van der Waals surface area contributed by atoms with Crippen LogP contribution in [0.25, 0.3) is 0 Å². The first-order valence-corrected chi connectivity index (χ1v) is 7.92. The third-order valence-corrected chi connectivity index (χ3v) is 4.45. The van der Waals surface area contributed by atoms with Gasteiger partial charge in [-0.3, -0.25) is 0 Å². The summed E-state index contributed by atoms with van der Waals surface area (Å²) in [5.74, 6) is -0.109. The Labute approximate surface area is 123 Å². The van der Waals surface area contributed by atoms with Crippen LogP contribution in [0, 0.1) is 5.82 Å². The maximum absolute atomic E-state index is 13.6. The fourth-order valence-corrected chi connectivity index (χ4v) is 3.23. The highest BCUT2D eigenvalue weighted by molar-refractivity contribution is 5.27. The van der Waals surface area contributed by atoms with E-state index in [1.807, 2.05) is 6.07 Å². The minimum absolute atomic E-state index is 0.103. The Morgan fingerprint density at radius 3 is 2.30 bits per heavy atom. The molecule has 0 heterocycles. The SMILES string of the molecule is CC(C)(C)NCC1(c2cccc(F)c2)CCCCCC1. The second-order valence-corrected chi connectivity index (χ2v) is 7.31. The Kier molecular flexibility index (Phi) is 4.85. The van der Waals surface area contributed by atoms with Gasteiger partial charge in [0, 0.05) is 17.5 Å². The lowest BCUT2D eigenvalue weighted by Crippen LogP contribution is -2.46. The second-order valence-electron chi connectivity index (χ2n) is 7.31. The van der Waals surface area contributed by atoms with Crippen molar-refractivity contribution in [3.8, 4) is 0 Å². The van der Waals surface area contributed by atoms with Crippen LogP contribution in [0.2, 0.25) is 0 Å². The molecule has 2 heteroatoms. The summed E-state index contributed by atoms with van der Waals surface area (Å²) in [5, 5.41) is 3.66. The highest BCUT2D eigenvalue weighted by Crippen LogP contribution is 2.38. The van der Waals surface area contributed by atoms with Crippen molar-refractivity contribution in [1.82, 2.24) is 5.32 Å². The highest BCUT2D eigenvalue weighted by Gasteiger charge is 2.33. The molecule has 2 rings (SSSR count). The van der Waals surface area contributed by atoms with Crippen molar-refractivity contribution in [3.05, 3.63) is 35.6 Å². The van der Waals surface area contributed by atoms with Crippen molar-refractivity contribution >= 4 is 0 Å². The summed E-state index contributed by atoms with van der Waals surface area (Å²) in [4.78, 5) is 0. The zero-order valence-electron chi connectivity index (χ0n) is 13.1. The largest absolute Gasteiger partial charge is 0.311 e. The van der Waals surface area contributed by atoms with Gasteiger partial charge in [-0.2, -0.15) is 0 Å². The van der Waals surface area contributed by atoms with E-state index in [1.54, 1.807) is 12.1 Å². The molecule has 0 aromatic heterocycles. The molecule has 0 aliphatic heterocycles. The zero-order valence-corrected chi connectivity index (χ0v) is 13.1. The first-order valence-electron chi connectivity index (χ1n) is 7.92. The normalized spacial score (nSPS) is 19.6. The molecule has 0 bridgehead atoms. The van der Waals surface area contributed by atoms with Gasteiger partial charge in [0.2, 0.25) is 0 Å². The van der Waals surface area contributed by atoms with Gasteiger partial charge in [-0.1, -0.05) is 37.8 Å². The van der Waals surface area contributed by atoms with Crippen LogP contribution >= 0.6 is 0 Å². The lowest BCUT2D eigenvalue weighted by atomic mass is 9.74. The summed E-state index contributed by atoms with van der Waals surface area (Å²) in [7, 11) is 0. The Hall–Kier alpha value is -0.890. The molecular weight excluding hydrogens is 249 g/mol. The first-order chi connectivity index (χ1) is 9.41. The predicted molar refractivity (Wildman–Crippen MR) is 83.5 cm³/mol. The van der Waals surface area contributed by atoms with Gasteiger partial charge in [0.1, 0.15) is 5.82 Å². The third-order valence-electron chi connectivity index (χ3n) is 4.45. The summed E-state index contributed by atoms with van der Waals surface area (Å²) >= 11 is 0. The van der Waals surface area contributed by atoms with Gasteiger partial charge in [-0.15, -0.1) is 0 Å². The topological polar surface area (TPSA) is 12.0 Å². The molecule has 1 nitrogen and oxygen atoms in total. The zero-order chi connectivity index (χ0) is 14.6. The molecule has 20 heavy (non-hydrogen) atoms. The molecule has 112 valence electrons. The van der Waals surface area contributed by atoms with E-state index in [9.17, 15) is 4.39 Å². The van der Waals surface area contributed by atoms with E-state index in [1.165, 1.54) is 44.1 Å². The number of rotatable bonds is 3. The Morgan fingerprint density at radius 1 is 1.10 bits per heavy atom. The predicted octanol–water partition coefficient (Wildman–Crippen LogP) is 4.81. The van der Waals surface area contributed by atoms with Crippen molar-refractivity contribution in [2.75, 3.05) is 6.54 Å². The lowest BCUT2D eigenvalue weighted by Gasteiger charge is -2.37. The van der Waals surface area contributed by atoms with E-state index in [4.69, 9.17) is 0 Å². The molecule has 0 unspecified atom stereocenters.